The Labute approximate surface area is 301 Å². The summed E-state index contributed by atoms with van der Waals surface area (Å²) >= 11 is 0. The molecule has 0 aliphatic heterocycles. The molecule has 0 fully saturated rings. The van der Waals surface area contributed by atoms with E-state index in [1.54, 1.807) is 45.0 Å². The first-order valence-electron chi connectivity index (χ1n) is 16.6. The number of ether oxygens (including phenoxy) is 4. The van der Waals surface area contributed by atoms with Crippen molar-refractivity contribution < 1.29 is 33.3 Å². The molecule has 52 heavy (non-hydrogen) atoms. The number of nitrogens with one attached hydrogen (secondary N) is 3. The lowest BCUT2D eigenvalue weighted by atomic mass is 10.1. The van der Waals surface area contributed by atoms with Crippen LogP contribution in [0.3, 0.4) is 0 Å². The van der Waals surface area contributed by atoms with Gasteiger partial charge in [-0.25, -0.2) is 19.4 Å². The smallest absolute Gasteiger partial charge is 0.407 e. The van der Waals surface area contributed by atoms with Gasteiger partial charge in [-0.05, 0) is 62.1 Å². The van der Waals surface area contributed by atoms with Crippen molar-refractivity contribution in [3.8, 4) is 11.9 Å². The highest BCUT2D eigenvalue weighted by Crippen LogP contribution is 2.21. The summed E-state index contributed by atoms with van der Waals surface area (Å²) in [5.41, 5.74) is 8.94. The van der Waals surface area contributed by atoms with Gasteiger partial charge in [-0.1, -0.05) is 43.3 Å². The van der Waals surface area contributed by atoms with Gasteiger partial charge >= 0.3 is 18.2 Å². The molecule has 0 radical (unpaired) electrons. The minimum atomic E-state index is -0.737. The number of nitriles is 1. The fourth-order valence-electron chi connectivity index (χ4n) is 4.62. The molecule has 5 N–H and O–H groups in total. The third-order valence-electron chi connectivity index (χ3n) is 7.12. The van der Waals surface area contributed by atoms with Crippen molar-refractivity contribution in [1.29, 1.82) is 5.26 Å². The van der Waals surface area contributed by atoms with Crippen molar-refractivity contribution in [2.45, 2.75) is 52.9 Å². The number of nitrogen functional groups attached to an aromatic ring is 1. The normalized spacial score (nSPS) is 11.3. The second-order valence-electron chi connectivity index (χ2n) is 12.4. The molecule has 0 spiro atoms. The van der Waals surface area contributed by atoms with Crippen molar-refractivity contribution in [3.63, 3.8) is 0 Å². The van der Waals surface area contributed by atoms with Gasteiger partial charge in [0.2, 0.25) is 11.8 Å². The predicted octanol–water partition coefficient (Wildman–Crippen LogP) is 4.63. The summed E-state index contributed by atoms with van der Waals surface area (Å²) in [6.07, 6.45) is 2.60. The summed E-state index contributed by atoms with van der Waals surface area (Å²) in [4.78, 5) is 54.0. The summed E-state index contributed by atoms with van der Waals surface area (Å²) < 4.78 is 21.9. The monoisotopic (exact) mass is 713 g/mol. The molecule has 0 saturated heterocycles. The topological polar surface area (TPSA) is 220 Å². The number of anilines is 2. The van der Waals surface area contributed by atoms with E-state index in [0.717, 1.165) is 23.2 Å². The van der Waals surface area contributed by atoms with Gasteiger partial charge in [0.25, 0.3) is 0 Å². The molecule has 4 aromatic rings. The molecule has 0 unspecified atom stereocenters. The average Bonchev–Trinajstić information content (AvgIpc) is 3.59. The zero-order chi connectivity index (χ0) is 37.5. The predicted molar refractivity (Wildman–Crippen MR) is 193 cm³/mol. The Morgan fingerprint density at radius 1 is 0.962 bits per heavy atom. The Bertz CT molecular complexity index is 1880. The quantitative estimate of drug-likeness (QED) is 0.0539. The number of aromatic nitrogens is 4. The number of H-pyrrole nitrogens is 1. The van der Waals surface area contributed by atoms with Crippen LogP contribution in [0, 0.1) is 11.3 Å². The number of carbonyl (C=O) groups excluding carboxylic acids is 3. The fraction of sp³-hybridized carbons (Fsp3) is 0.361. The minimum Gasteiger partial charge on any atom is -0.471 e. The molecule has 16 heteroatoms. The third-order valence-corrected chi connectivity index (χ3v) is 7.12. The molecule has 4 rings (SSSR count). The largest absolute Gasteiger partial charge is 0.471 e. The Balaban J connectivity index is 1.29. The number of hydrogen-bond acceptors (Lipinski definition) is 13. The molecular weight excluding hydrogens is 670 g/mol. The Morgan fingerprint density at radius 3 is 2.25 bits per heavy atom. The zero-order valence-electron chi connectivity index (χ0n) is 29.6. The van der Waals surface area contributed by atoms with E-state index in [4.69, 9.17) is 24.7 Å². The number of esters is 1. The molecule has 0 atom stereocenters. The van der Waals surface area contributed by atoms with Crippen LogP contribution in [0.25, 0.3) is 17.2 Å². The highest BCUT2D eigenvalue weighted by Gasteiger charge is 2.20. The lowest BCUT2D eigenvalue weighted by Crippen LogP contribution is -2.35. The number of carbonyl (C=O) groups is 3. The molecule has 2 aromatic heterocycles. The number of nitrogens with two attached hydrogens (primary N) is 1. The second kappa shape index (κ2) is 18.6. The maximum atomic E-state index is 12.5. The Kier molecular flexibility index (Phi) is 13.7. The van der Waals surface area contributed by atoms with E-state index < -0.39 is 23.8 Å². The Morgan fingerprint density at radius 2 is 1.62 bits per heavy atom. The number of benzene rings is 2. The number of rotatable bonds is 16. The second-order valence-corrected chi connectivity index (χ2v) is 12.4. The van der Waals surface area contributed by atoms with E-state index in [1.807, 2.05) is 42.2 Å². The highest BCUT2D eigenvalue weighted by molar-refractivity contribution is 5.98. The van der Waals surface area contributed by atoms with Crippen molar-refractivity contribution >= 4 is 47.0 Å². The van der Waals surface area contributed by atoms with Crippen LogP contribution in [-0.2, 0) is 32.2 Å². The first kappa shape index (κ1) is 38.4. The van der Waals surface area contributed by atoms with Gasteiger partial charge < -0.3 is 45.2 Å². The highest BCUT2D eigenvalue weighted by atomic mass is 16.6. The molecule has 2 heterocycles. The fourth-order valence-corrected chi connectivity index (χ4v) is 4.62. The number of amides is 2. The number of imidazole rings is 1. The lowest BCUT2D eigenvalue weighted by molar-refractivity contribution is -0.149. The number of alkyl carbamates (subject to hydrolysis) is 2. The number of hydrogen-bond donors (Lipinski definition) is 4. The van der Waals surface area contributed by atoms with Gasteiger partial charge in [-0.2, -0.15) is 15.2 Å². The van der Waals surface area contributed by atoms with Crippen LogP contribution in [0.4, 0.5) is 21.2 Å². The van der Waals surface area contributed by atoms with Crippen LogP contribution in [0.2, 0.25) is 0 Å². The molecule has 0 saturated carbocycles. The lowest BCUT2D eigenvalue weighted by Gasteiger charge is -2.25. The van der Waals surface area contributed by atoms with E-state index in [1.165, 1.54) is 12.4 Å². The zero-order valence-corrected chi connectivity index (χ0v) is 29.6. The standard InChI is InChI=1S/C36H43N9O7/c1-5-14-39-34(47)49-17-15-45(28-12-10-24(11-13-28)19-27(20-37)32(46)52-36(2,3)4)16-18-50-35(48)40-21-25-6-8-26(9-7-25)22-51-31-29-30(42-23-41-29)43-33(38)44-31/h6-13,19,23H,5,14-18,21-22H2,1-4H3,(H,39,47)(H,40,48)(H3,38,41,42,43,44)/b27-19+. The maximum absolute atomic E-state index is 12.5. The van der Waals surface area contributed by atoms with Crippen molar-refractivity contribution in [2.75, 3.05) is 43.5 Å². The molecule has 0 aliphatic rings. The molecular formula is C36H43N9O7. The molecule has 274 valence electrons. The van der Waals surface area contributed by atoms with Crippen LogP contribution in [0.1, 0.15) is 50.8 Å². The van der Waals surface area contributed by atoms with E-state index in [-0.39, 0.29) is 37.9 Å². The average molecular weight is 714 g/mol. The molecule has 0 aliphatic carbocycles. The first-order chi connectivity index (χ1) is 24.9. The van der Waals surface area contributed by atoms with Gasteiger partial charge in [-0.15, -0.1) is 0 Å². The van der Waals surface area contributed by atoms with Crippen molar-refractivity contribution in [2.24, 2.45) is 0 Å². The van der Waals surface area contributed by atoms with Gasteiger partial charge in [0.15, 0.2) is 5.65 Å². The van der Waals surface area contributed by atoms with Gasteiger partial charge in [-0.3, -0.25) is 0 Å². The van der Waals surface area contributed by atoms with Gasteiger partial charge in [0.1, 0.15) is 42.6 Å². The van der Waals surface area contributed by atoms with Crippen LogP contribution in [0.15, 0.2) is 60.4 Å². The summed E-state index contributed by atoms with van der Waals surface area (Å²) in [6, 6.07) is 16.4. The summed E-state index contributed by atoms with van der Waals surface area (Å²) in [5.74, 6) is -0.345. The summed E-state index contributed by atoms with van der Waals surface area (Å²) in [6.45, 7) is 8.83. The molecule has 2 amide bonds. The maximum Gasteiger partial charge on any atom is 0.407 e. The van der Waals surface area contributed by atoms with E-state index in [9.17, 15) is 19.6 Å². The van der Waals surface area contributed by atoms with Gasteiger partial charge in [0, 0.05) is 18.8 Å². The summed E-state index contributed by atoms with van der Waals surface area (Å²) in [7, 11) is 0. The van der Waals surface area contributed by atoms with E-state index in [0.29, 0.717) is 42.2 Å². The number of aromatic amines is 1. The van der Waals surface area contributed by atoms with Crippen LogP contribution in [0.5, 0.6) is 5.88 Å². The molecule has 2 aromatic carbocycles. The Hall–Kier alpha value is -6.37. The van der Waals surface area contributed by atoms with Crippen molar-refractivity contribution in [3.05, 3.63) is 77.1 Å². The molecule has 0 bridgehead atoms. The number of nitrogens with zero attached hydrogens (tertiary/aromatic N) is 5. The van der Waals surface area contributed by atoms with Crippen molar-refractivity contribution in [1.82, 2.24) is 30.6 Å². The SMILES string of the molecule is CCCNC(=O)OCCN(CCOC(=O)NCc1ccc(COc2nc(N)nc3nc[nH]c23)cc1)c1ccc(/C=C(\C#N)C(=O)OC(C)(C)C)cc1. The van der Waals surface area contributed by atoms with Crippen LogP contribution >= 0.6 is 0 Å². The minimum absolute atomic E-state index is 0.0418. The first-order valence-corrected chi connectivity index (χ1v) is 16.6. The van der Waals surface area contributed by atoms with Crippen LogP contribution < -0.4 is 26.0 Å². The van der Waals surface area contributed by atoms with Gasteiger partial charge in [0.05, 0.1) is 19.4 Å². The van der Waals surface area contributed by atoms with E-state index >= 15 is 0 Å². The summed E-state index contributed by atoms with van der Waals surface area (Å²) in [5, 5.41) is 14.9. The molecule has 16 nitrogen and oxygen atoms in total. The van der Waals surface area contributed by atoms with E-state index in [2.05, 4.69) is 30.6 Å². The van der Waals surface area contributed by atoms with Crippen LogP contribution in [-0.4, -0.2) is 76.5 Å². The number of fused-ring (bicyclic) bond motifs is 1. The third kappa shape index (κ3) is 12.2.